The summed E-state index contributed by atoms with van der Waals surface area (Å²) < 4.78 is 13.2. The number of halogens is 3. The average molecular weight is 391 g/mol. The summed E-state index contributed by atoms with van der Waals surface area (Å²) in [7, 11) is 0. The minimum absolute atomic E-state index is 0. The van der Waals surface area contributed by atoms with Crippen molar-refractivity contribution in [3.8, 4) is 0 Å². The quantitative estimate of drug-likeness (QED) is 0.733. The lowest BCUT2D eigenvalue weighted by atomic mass is 9.84. The molecule has 1 amide bonds. The number of carbonyl (C=O) groups is 1. The zero-order chi connectivity index (χ0) is 16.2. The van der Waals surface area contributed by atoms with E-state index in [1.165, 1.54) is 12.1 Å². The molecule has 0 spiro atoms. The van der Waals surface area contributed by atoms with Crippen LogP contribution in [-0.4, -0.2) is 29.0 Å². The molecule has 3 rings (SSSR count). The van der Waals surface area contributed by atoms with E-state index < -0.39 is 0 Å². The van der Waals surface area contributed by atoms with Gasteiger partial charge in [-0.15, -0.1) is 24.8 Å². The number of hydrogen-bond donors (Lipinski definition) is 3. The van der Waals surface area contributed by atoms with Gasteiger partial charge in [0.2, 0.25) is 5.91 Å². The number of imidazole rings is 1. The fourth-order valence-electron chi connectivity index (χ4n) is 3.25. The van der Waals surface area contributed by atoms with Gasteiger partial charge in [-0.05, 0) is 56.0 Å². The van der Waals surface area contributed by atoms with Crippen LogP contribution in [0.4, 0.5) is 4.39 Å². The third kappa shape index (κ3) is 5.83. The number of piperidine rings is 1. The van der Waals surface area contributed by atoms with Gasteiger partial charge < -0.3 is 15.6 Å². The first-order valence-corrected chi connectivity index (χ1v) is 8.23. The number of nitrogens with one attached hydrogen (secondary N) is 3. The molecule has 1 fully saturated rings. The van der Waals surface area contributed by atoms with Gasteiger partial charge in [0.05, 0.1) is 17.6 Å². The van der Waals surface area contributed by atoms with Crippen LogP contribution in [0.3, 0.4) is 0 Å². The summed E-state index contributed by atoms with van der Waals surface area (Å²) in [6.07, 6.45) is 2.83. The lowest BCUT2D eigenvalue weighted by molar-refractivity contribution is -0.122. The topological polar surface area (TPSA) is 69.8 Å². The first kappa shape index (κ1) is 21.7. The SMILES string of the molecule is CC(CC(=O)NCc1nc2ccc(F)cc2[nH]1)C1CCNCC1.Cl.Cl. The standard InChI is InChI=1S/C17H23FN4O.2ClH/c1-11(12-4-6-19-7-5-12)8-17(23)20-10-16-21-14-3-2-13(18)9-15(14)22-16;;/h2-3,9,11-12,19H,4-8,10H2,1H3,(H,20,23)(H,21,22);2*1H. The van der Waals surface area contributed by atoms with Crippen LogP contribution in [0, 0.1) is 17.7 Å². The maximum atomic E-state index is 13.2. The number of nitrogens with zero attached hydrogens (tertiary/aromatic N) is 1. The Kier molecular flexibility index (Phi) is 8.62. The van der Waals surface area contributed by atoms with Crippen molar-refractivity contribution in [1.29, 1.82) is 0 Å². The van der Waals surface area contributed by atoms with E-state index in [9.17, 15) is 9.18 Å². The molecule has 25 heavy (non-hydrogen) atoms. The Labute approximate surface area is 159 Å². The fourth-order valence-corrected chi connectivity index (χ4v) is 3.25. The number of rotatable bonds is 5. The number of aromatic nitrogens is 2. The molecule has 1 aliphatic heterocycles. The van der Waals surface area contributed by atoms with Gasteiger partial charge in [-0.1, -0.05) is 6.92 Å². The largest absolute Gasteiger partial charge is 0.349 e. The molecule has 140 valence electrons. The van der Waals surface area contributed by atoms with Crippen molar-refractivity contribution in [1.82, 2.24) is 20.6 Å². The lowest BCUT2D eigenvalue weighted by Crippen LogP contribution is -2.33. The summed E-state index contributed by atoms with van der Waals surface area (Å²) in [5.74, 6) is 1.40. The minimum Gasteiger partial charge on any atom is -0.349 e. The number of amides is 1. The third-order valence-electron chi connectivity index (χ3n) is 4.64. The summed E-state index contributed by atoms with van der Waals surface area (Å²) in [5.41, 5.74) is 1.36. The highest BCUT2D eigenvalue weighted by Gasteiger charge is 2.21. The van der Waals surface area contributed by atoms with Gasteiger partial charge in [-0.3, -0.25) is 4.79 Å². The zero-order valence-electron chi connectivity index (χ0n) is 14.2. The Hall–Kier alpha value is -1.37. The van der Waals surface area contributed by atoms with Crippen LogP contribution in [0.5, 0.6) is 0 Å². The normalized spacial score (nSPS) is 15.9. The first-order chi connectivity index (χ1) is 11.1. The summed E-state index contributed by atoms with van der Waals surface area (Å²) >= 11 is 0. The maximum Gasteiger partial charge on any atom is 0.220 e. The summed E-state index contributed by atoms with van der Waals surface area (Å²) in [6.45, 7) is 4.59. The van der Waals surface area contributed by atoms with Crippen LogP contribution >= 0.6 is 24.8 Å². The van der Waals surface area contributed by atoms with Crippen LogP contribution in [0.1, 0.15) is 32.0 Å². The van der Waals surface area contributed by atoms with E-state index in [-0.39, 0.29) is 36.5 Å². The number of carbonyl (C=O) groups excluding carboxylic acids is 1. The second-order valence-electron chi connectivity index (χ2n) is 6.39. The highest BCUT2D eigenvalue weighted by atomic mass is 35.5. The Morgan fingerprint density at radius 1 is 1.36 bits per heavy atom. The van der Waals surface area contributed by atoms with E-state index in [1.807, 2.05) is 0 Å². The monoisotopic (exact) mass is 390 g/mol. The van der Waals surface area contributed by atoms with Gasteiger partial charge in [-0.25, -0.2) is 9.37 Å². The molecule has 0 bridgehead atoms. The average Bonchev–Trinajstić information content (AvgIpc) is 2.95. The third-order valence-corrected chi connectivity index (χ3v) is 4.64. The maximum absolute atomic E-state index is 13.2. The predicted octanol–water partition coefficient (Wildman–Crippen LogP) is 3.19. The van der Waals surface area contributed by atoms with E-state index >= 15 is 0 Å². The summed E-state index contributed by atoms with van der Waals surface area (Å²) in [4.78, 5) is 19.5. The molecule has 1 aliphatic rings. The zero-order valence-corrected chi connectivity index (χ0v) is 15.8. The number of aromatic amines is 1. The van der Waals surface area contributed by atoms with Crippen molar-refractivity contribution in [2.45, 2.75) is 32.7 Å². The smallest absolute Gasteiger partial charge is 0.220 e. The molecule has 1 saturated heterocycles. The minimum atomic E-state index is -0.299. The first-order valence-electron chi connectivity index (χ1n) is 8.23. The Morgan fingerprint density at radius 2 is 2.08 bits per heavy atom. The van der Waals surface area contributed by atoms with Crippen LogP contribution in [-0.2, 0) is 11.3 Å². The van der Waals surface area contributed by atoms with Crippen molar-refractivity contribution in [3.63, 3.8) is 0 Å². The van der Waals surface area contributed by atoms with Gasteiger partial charge >= 0.3 is 0 Å². The van der Waals surface area contributed by atoms with E-state index in [1.54, 1.807) is 6.07 Å². The van der Waals surface area contributed by atoms with Gasteiger partial charge in [-0.2, -0.15) is 0 Å². The Morgan fingerprint density at radius 3 is 2.80 bits per heavy atom. The van der Waals surface area contributed by atoms with Crippen molar-refractivity contribution < 1.29 is 9.18 Å². The molecule has 0 radical (unpaired) electrons. The van der Waals surface area contributed by atoms with E-state index in [0.29, 0.717) is 41.7 Å². The highest BCUT2D eigenvalue weighted by Crippen LogP contribution is 2.24. The number of benzene rings is 1. The van der Waals surface area contributed by atoms with Gasteiger partial charge in [0, 0.05) is 6.42 Å². The summed E-state index contributed by atoms with van der Waals surface area (Å²) in [6, 6.07) is 4.42. The van der Waals surface area contributed by atoms with Crippen LogP contribution in [0.2, 0.25) is 0 Å². The van der Waals surface area contributed by atoms with Crippen molar-refractivity contribution in [3.05, 3.63) is 29.8 Å². The highest BCUT2D eigenvalue weighted by molar-refractivity contribution is 5.85. The second-order valence-corrected chi connectivity index (χ2v) is 6.39. The molecule has 2 aromatic rings. The van der Waals surface area contributed by atoms with E-state index in [0.717, 1.165) is 25.9 Å². The molecule has 2 heterocycles. The molecule has 1 aromatic carbocycles. The molecule has 1 atom stereocenters. The molecule has 1 aromatic heterocycles. The van der Waals surface area contributed by atoms with Crippen molar-refractivity contribution >= 4 is 41.8 Å². The van der Waals surface area contributed by atoms with Gasteiger partial charge in [0.15, 0.2) is 0 Å². The Bertz CT molecular complexity index is 688. The van der Waals surface area contributed by atoms with Crippen LogP contribution in [0.15, 0.2) is 18.2 Å². The number of hydrogen-bond acceptors (Lipinski definition) is 3. The Balaban J connectivity index is 0.00000156. The predicted molar refractivity (Wildman–Crippen MR) is 102 cm³/mol. The lowest BCUT2D eigenvalue weighted by Gasteiger charge is -2.27. The molecule has 0 aliphatic carbocycles. The molecular weight excluding hydrogens is 366 g/mol. The molecular formula is C17H25Cl2FN4O. The molecule has 1 unspecified atom stereocenters. The van der Waals surface area contributed by atoms with Crippen LogP contribution in [0.25, 0.3) is 11.0 Å². The number of fused-ring (bicyclic) bond motifs is 1. The van der Waals surface area contributed by atoms with Crippen molar-refractivity contribution in [2.24, 2.45) is 11.8 Å². The molecule has 5 nitrogen and oxygen atoms in total. The van der Waals surface area contributed by atoms with Gasteiger partial charge in [0.25, 0.3) is 0 Å². The second kappa shape index (κ2) is 9.94. The van der Waals surface area contributed by atoms with E-state index in [2.05, 4.69) is 27.5 Å². The summed E-state index contributed by atoms with van der Waals surface area (Å²) in [5, 5.41) is 6.25. The van der Waals surface area contributed by atoms with Gasteiger partial charge in [0.1, 0.15) is 11.6 Å². The molecule has 8 heteroatoms. The molecule has 0 saturated carbocycles. The van der Waals surface area contributed by atoms with Crippen molar-refractivity contribution in [2.75, 3.05) is 13.1 Å². The number of H-pyrrole nitrogens is 1. The molecule has 3 N–H and O–H groups in total. The fraction of sp³-hybridized carbons (Fsp3) is 0.529. The van der Waals surface area contributed by atoms with Crippen LogP contribution < -0.4 is 10.6 Å². The van der Waals surface area contributed by atoms with E-state index in [4.69, 9.17) is 0 Å².